The third-order valence-electron chi connectivity index (χ3n) is 2.03. The van der Waals surface area contributed by atoms with Gasteiger partial charge in [-0.25, -0.2) is 0 Å². The molecule has 0 aliphatic rings. The number of esters is 1. The largest absolute Gasteiger partial charge is 0.508 e. The van der Waals surface area contributed by atoms with Crippen LogP contribution < -0.4 is 0 Å². The highest BCUT2D eigenvalue weighted by Gasteiger charge is 2.10. The van der Waals surface area contributed by atoms with Crippen LogP contribution in [0.25, 0.3) is 0 Å². The standard InChI is InChI=1S/C7H8O2.C6H9NO2/c1-5-2-3-6(8)4-7(5)9;1-3-9-6(8)5(2)4-7/h2-4,8-9H,1H3;5H,3H2,1-2H3. The molecule has 1 rings (SSSR count). The van der Waals surface area contributed by atoms with Crippen LogP contribution in [0.4, 0.5) is 0 Å². The molecule has 0 bridgehead atoms. The number of phenols is 2. The van der Waals surface area contributed by atoms with E-state index in [4.69, 9.17) is 15.5 Å². The van der Waals surface area contributed by atoms with Crippen molar-refractivity contribution in [3.63, 3.8) is 0 Å². The van der Waals surface area contributed by atoms with E-state index >= 15 is 0 Å². The molecule has 0 amide bonds. The summed E-state index contributed by atoms with van der Waals surface area (Å²) in [4.78, 5) is 10.5. The summed E-state index contributed by atoms with van der Waals surface area (Å²) in [7, 11) is 0. The van der Waals surface area contributed by atoms with E-state index in [1.807, 2.05) is 0 Å². The minimum atomic E-state index is -0.634. The van der Waals surface area contributed by atoms with Crippen molar-refractivity contribution in [3.8, 4) is 17.6 Å². The third kappa shape index (κ3) is 5.75. The maximum atomic E-state index is 10.5. The van der Waals surface area contributed by atoms with Gasteiger partial charge in [0.1, 0.15) is 17.4 Å². The van der Waals surface area contributed by atoms with E-state index in [1.165, 1.54) is 19.1 Å². The van der Waals surface area contributed by atoms with E-state index in [1.54, 1.807) is 26.0 Å². The average Bonchev–Trinajstić information content (AvgIpc) is 2.34. The molecular weight excluding hydrogens is 234 g/mol. The number of benzene rings is 1. The molecule has 1 aromatic carbocycles. The van der Waals surface area contributed by atoms with Crippen LogP contribution in [0.2, 0.25) is 0 Å². The third-order valence-corrected chi connectivity index (χ3v) is 2.03. The lowest BCUT2D eigenvalue weighted by atomic mass is 10.2. The topological polar surface area (TPSA) is 90.6 Å². The van der Waals surface area contributed by atoms with Gasteiger partial charge in [0.05, 0.1) is 12.7 Å². The summed E-state index contributed by atoms with van der Waals surface area (Å²) in [5.74, 6) is -0.849. The fourth-order valence-corrected chi connectivity index (χ4v) is 0.918. The van der Waals surface area contributed by atoms with E-state index in [0.29, 0.717) is 6.61 Å². The second-order valence-electron chi connectivity index (χ2n) is 3.57. The van der Waals surface area contributed by atoms with E-state index in [9.17, 15) is 4.79 Å². The fraction of sp³-hybridized carbons (Fsp3) is 0.385. The van der Waals surface area contributed by atoms with Gasteiger partial charge >= 0.3 is 5.97 Å². The van der Waals surface area contributed by atoms with Crippen LogP contribution in [0, 0.1) is 24.2 Å². The van der Waals surface area contributed by atoms with E-state index < -0.39 is 11.9 Å². The van der Waals surface area contributed by atoms with Crippen LogP contribution in [0.3, 0.4) is 0 Å². The first kappa shape index (κ1) is 15.8. The van der Waals surface area contributed by atoms with Crippen molar-refractivity contribution in [2.75, 3.05) is 6.61 Å². The monoisotopic (exact) mass is 251 g/mol. The van der Waals surface area contributed by atoms with E-state index in [0.717, 1.165) is 5.56 Å². The molecule has 5 nitrogen and oxygen atoms in total. The molecule has 5 heteroatoms. The van der Waals surface area contributed by atoms with Crippen LogP contribution in [-0.2, 0) is 9.53 Å². The van der Waals surface area contributed by atoms with Crippen molar-refractivity contribution in [1.29, 1.82) is 5.26 Å². The Kier molecular flexibility index (Phi) is 6.98. The number of carbonyl (C=O) groups is 1. The summed E-state index contributed by atoms with van der Waals surface area (Å²) in [6, 6.07) is 6.28. The highest BCUT2D eigenvalue weighted by Crippen LogP contribution is 2.20. The average molecular weight is 251 g/mol. The van der Waals surface area contributed by atoms with Gasteiger partial charge in [0.2, 0.25) is 0 Å². The number of phenolic OH excluding ortho intramolecular Hbond substituents is 2. The summed E-state index contributed by atoms with van der Waals surface area (Å²) < 4.78 is 4.53. The number of ether oxygens (including phenoxy) is 1. The Morgan fingerprint density at radius 1 is 1.50 bits per heavy atom. The molecule has 18 heavy (non-hydrogen) atoms. The summed E-state index contributed by atoms with van der Waals surface area (Å²) >= 11 is 0. The molecule has 1 unspecified atom stereocenters. The molecule has 98 valence electrons. The fourth-order valence-electron chi connectivity index (χ4n) is 0.918. The van der Waals surface area contributed by atoms with Gasteiger partial charge < -0.3 is 14.9 Å². The van der Waals surface area contributed by atoms with Crippen LogP contribution in [0.1, 0.15) is 19.4 Å². The molecule has 0 spiro atoms. The van der Waals surface area contributed by atoms with Crippen molar-refractivity contribution in [1.82, 2.24) is 0 Å². The molecule has 1 atom stereocenters. The highest BCUT2D eigenvalue weighted by molar-refractivity contribution is 5.74. The molecule has 0 saturated carbocycles. The van der Waals surface area contributed by atoms with Crippen LogP contribution in [0.5, 0.6) is 11.5 Å². The summed E-state index contributed by atoms with van der Waals surface area (Å²) in [5, 5.41) is 25.9. The quantitative estimate of drug-likeness (QED) is 0.785. The second-order valence-corrected chi connectivity index (χ2v) is 3.57. The maximum absolute atomic E-state index is 10.5. The number of nitriles is 1. The van der Waals surface area contributed by atoms with Gasteiger partial charge in [-0.15, -0.1) is 0 Å². The Balaban J connectivity index is 0.000000321. The maximum Gasteiger partial charge on any atom is 0.323 e. The van der Waals surface area contributed by atoms with Crippen LogP contribution in [0.15, 0.2) is 18.2 Å². The lowest BCUT2D eigenvalue weighted by molar-refractivity contribution is -0.145. The Hall–Kier alpha value is -2.22. The normalized spacial score (nSPS) is 10.6. The Bertz CT molecular complexity index is 437. The molecule has 0 heterocycles. The van der Waals surface area contributed by atoms with Gasteiger partial charge in [-0.1, -0.05) is 6.07 Å². The molecule has 0 aromatic heterocycles. The van der Waals surface area contributed by atoms with E-state index in [2.05, 4.69) is 4.74 Å². The predicted octanol–water partition coefficient (Wildman–Crippen LogP) is 2.12. The highest BCUT2D eigenvalue weighted by atomic mass is 16.5. The smallest absolute Gasteiger partial charge is 0.323 e. The number of hydrogen-bond donors (Lipinski definition) is 2. The molecule has 2 N–H and O–H groups in total. The van der Waals surface area contributed by atoms with Crippen LogP contribution >= 0.6 is 0 Å². The Labute approximate surface area is 106 Å². The SMILES string of the molecule is CCOC(=O)C(C)C#N.Cc1ccc(O)cc1O. The summed E-state index contributed by atoms with van der Waals surface area (Å²) in [6.07, 6.45) is 0. The van der Waals surface area contributed by atoms with Gasteiger partial charge in [0, 0.05) is 6.07 Å². The molecule has 0 aliphatic carbocycles. The van der Waals surface area contributed by atoms with Gasteiger partial charge in [-0.3, -0.25) is 4.79 Å². The molecular formula is C13H17NO4. The van der Waals surface area contributed by atoms with Gasteiger partial charge in [-0.2, -0.15) is 5.26 Å². The first-order chi connectivity index (χ1) is 8.42. The second kappa shape index (κ2) is 7.96. The van der Waals surface area contributed by atoms with Crippen molar-refractivity contribution < 1.29 is 19.7 Å². The summed E-state index contributed by atoms with van der Waals surface area (Å²) in [5.41, 5.74) is 0.771. The zero-order chi connectivity index (χ0) is 14.1. The zero-order valence-corrected chi connectivity index (χ0v) is 10.7. The molecule has 0 fully saturated rings. The van der Waals surface area contributed by atoms with Crippen molar-refractivity contribution in [2.45, 2.75) is 20.8 Å². The van der Waals surface area contributed by atoms with Crippen molar-refractivity contribution >= 4 is 5.97 Å². The number of carbonyl (C=O) groups excluding carboxylic acids is 1. The number of hydrogen-bond acceptors (Lipinski definition) is 5. The van der Waals surface area contributed by atoms with Gasteiger partial charge in [0.25, 0.3) is 0 Å². The lowest BCUT2D eigenvalue weighted by Gasteiger charge is -1.99. The lowest BCUT2D eigenvalue weighted by Crippen LogP contribution is -2.12. The number of aryl methyl sites for hydroxylation is 1. The Morgan fingerprint density at radius 2 is 2.11 bits per heavy atom. The molecule has 0 radical (unpaired) electrons. The molecule has 0 saturated heterocycles. The predicted molar refractivity (Wildman–Crippen MR) is 65.9 cm³/mol. The number of rotatable bonds is 2. The zero-order valence-electron chi connectivity index (χ0n) is 10.7. The van der Waals surface area contributed by atoms with Crippen LogP contribution in [-0.4, -0.2) is 22.8 Å². The van der Waals surface area contributed by atoms with Gasteiger partial charge in [0.15, 0.2) is 0 Å². The molecule has 0 aliphatic heterocycles. The van der Waals surface area contributed by atoms with Crippen molar-refractivity contribution in [2.24, 2.45) is 5.92 Å². The van der Waals surface area contributed by atoms with Crippen molar-refractivity contribution in [3.05, 3.63) is 23.8 Å². The molecule has 1 aromatic rings. The number of aromatic hydroxyl groups is 2. The first-order valence-corrected chi connectivity index (χ1v) is 5.47. The minimum Gasteiger partial charge on any atom is -0.508 e. The first-order valence-electron chi connectivity index (χ1n) is 5.47. The van der Waals surface area contributed by atoms with E-state index in [-0.39, 0.29) is 11.5 Å². The Morgan fingerprint density at radius 3 is 2.50 bits per heavy atom. The van der Waals surface area contributed by atoms with Gasteiger partial charge in [-0.05, 0) is 32.4 Å². The minimum absolute atomic E-state index is 0.0955. The number of nitrogens with zero attached hydrogens (tertiary/aromatic N) is 1. The summed E-state index contributed by atoms with van der Waals surface area (Å²) in [6.45, 7) is 5.33.